The number of rotatable bonds is 4. The maximum Gasteiger partial charge on any atom is 0.272 e. The number of nitriles is 1. The summed E-state index contributed by atoms with van der Waals surface area (Å²) >= 11 is 0. The molecule has 1 aromatic heterocycles. The Morgan fingerprint density at radius 2 is 2.17 bits per heavy atom. The molecule has 18 heavy (non-hydrogen) atoms. The fraction of sp³-hybridized carbons (Fsp3) is 0.462. The van der Waals surface area contributed by atoms with Crippen LogP contribution in [0.2, 0.25) is 0 Å². The largest absolute Gasteiger partial charge is 0.392 e. The van der Waals surface area contributed by atoms with Crippen molar-refractivity contribution in [3.63, 3.8) is 0 Å². The van der Waals surface area contributed by atoms with Gasteiger partial charge in [0.2, 0.25) is 0 Å². The van der Waals surface area contributed by atoms with E-state index < -0.39 is 6.10 Å². The first-order chi connectivity index (χ1) is 8.45. The van der Waals surface area contributed by atoms with Crippen LogP contribution in [-0.2, 0) is 0 Å². The summed E-state index contributed by atoms with van der Waals surface area (Å²) in [4.78, 5) is 17.7. The summed E-state index contributed by atoms with van der Waals surface area (Å²) in [5, 5.41) is 18.1. The van der Waals surface area contributed by atoms with Gasteiger partial charge in [0.1, 0.15) is 11.8 Å². The molecule has 96 valence electrons. The van der Waals surface area contributed by atoms with Crippen LogP contribution in [0.25, 0.3) is 0 Å². The highest BCUT2D eigenvalue weighted by Gasteiger charge is 2.21. The SMILES string of the molecule is CC(O)CN(C(=O)c1ccc(C#N)cn1)C(C)C. The molecule has 5 heteroatoms. The van der Waals surface area contributed by atoms with Crippen molar-refractivity contribution in [1.29, 1.82) is 5.26 Å². The van der Waals surface area contributed by atoms with Crippen molar-refractivity contribution in [1.82, 2.24) is 9.88 Å². The van der Waals surface area contributed by atoms with Gasteiger partial charge in [0.15, 0.2) is 0 Å². The van der Waals surface area contributed by atoms with Crippen LogP contribution in [0.1, 0.15) is 36.8 Å². The van der Waals surface area contributed by atoms with E-state index in [4.69, 9.17) is 5.26 Å². The molecule has 1 rings (SSSR count). The zero-order valence-corrected chi connectivity index (χ0v) is 10.8. The van der Waals surface area contributed by atoms with Crippen molar-refractivity contribution < 1.29 is 9.90 Å². The van der Waals surface area contributed by atoms with E-state index in [-0.39, 0.29) is 24.2 Å². The number of pyridine rings is 1. The van der Waals surface area contributed by atoms with Crippen molar-refractivity contribution in [2.75, 3.05) is 6.54 Å². The van der Waals surface area contributed by atoms with Crippen LogP contribution in [0.15, 0.2) is 18.3 Å². The van der Waals surface area contributed by atoms with Crippen LogP contribution < -0.4 is 0 Å². The minimum Gasteiger partial charge on any atom is -0.392 e. The number of amides is 1. The summed E-state index contributed by atoms with van der Waals surface area (Å²) in [6, 6.07) is 5.01. The zero-order valence-electron chi connectivity index (χ0n) is 10.8. The molecule has 5 nitrogen and oxygen atoms in total. The van der Waals surface area contributed by atoms with E-state index in [1.165, 1.54) is 12.3 Å². The lowest BCUT2D eigenvalue weighted by Crippen LogP contribution is -2.41. The standard InChI is InChI=1S/C13H17N3O2/c1-9(2)16(8-10(3)17)13(18)12-5-4-11(6-14)7-15-12/h4-5,7,9-10,17H,8H2,1-3H3. The molecule has 0 aliphatic rings. The van der Waals surface area contributed by atoms with Gasteiger partial charge in [0, 0.05) is 18.8 Å². The molecule has 0 fully saturated rings. The van der Waals surface area contributed by atoms with E-state index in [1.54, 1.807) is 17.9 Å². The van der Waals surface area contributed by atoms with Gasteiger partial charge in [0.25, 0.3) is 5.91 Å². The predicted octanol–water partition coefficient (Wildman–Crippen LogP) is 1.18. The third-order valence-corrected chi connectivity index (χ3v) is 2.46. The lowest BCUT2D eigenvalue weighted by Gasteiger charge is -2.27. The summed E-state index contributed by atoms with van der Waals surface area (Å²) in [5.41, 5.74) is 0.696. The molecule has 0 aliphatic carbocycles. The van der Waals surface area contributed by atoms with Crippen LogP contribution >= 0.6 is 0 Å². The molecule has 1 atom stereocenters. The fourth-order valence-corrected chi connectivity index (χ4v) is 1.55. The third-order valence-electron chi connectivity index (χ3n) is 2.46. The second-order valence-corrected chi connectivity index (χ2v) is 4.44. The van der Waals surface area contributed by atoms with Crippen molar-refractivity contribution in [2.24, 2.45) is 0 Å². The Bertz CT molecular complexity index is 446. The molecule has 0 radical (unpaired) electrons. The monoisotopic (exact) mass is 247 g/mol. The maximum absolute atomic E-state index is 12.2. The Labute approximate surface area is 107 Å². The third kappa shape index (κ3) is 3.54. The van der Waals surface area contributed by atoms with E-state index in [1.807, 2.05) is 19.9 Å². The summed E-state index contributed by atoms with van der Waals surface area (Å²) < 4.78 is 0. The van der Waals surface area contributed by atoms with Crippen molar-refractivity contribution in [3.05, 3.63) is 29.6 Å². The summed E-state index contributed by atoms with van der Waals surface area (Å²) in [5.74, 6) is -0.240. The lowest BCUT2D eigenvalue weighted by atomic mass is 10.2. The van der Waals surface area contributed by atoms with Crippen LogP contribution in [-0.4, -0.2) is 39.6 Å². The molecule has 0 spiro atoms. The zero-order chi connectivity index (χ0) is 13.7. The first-order valence-electron chi connectivity index (χ1n) is 5.81. The topological polar surface area (TPSA) is 77.2 Å². The second-order valence-electron chi connectivity index (χ2n) is 4.44. The molecule has 1 N–H and O–H groups in total. The Morgan fingerprint density at radius 3 is 2.56 bits per heavy atom. The minimum absolute atomic E-state index is 0.0236. The number of hydrogen-bond acceptors (Lipinski definition) is 4. The van der Waals surface area contributed by atoms with E-state index in [9.17, 15) is 9.90 Å². The summed E-state index contributed by atoms with van der Waals surface area (Å²) in [7, 11) is 0. The number of nitrogens with zero attached hydrogens (tertiary/aromatic N) is 3. The van der Waals surface area contributed by atoms with Gasteiger partial charge in [-0.25, -0.2) is 4.98 Å². The molecule has 0 aromatic carbocycles. The number of aliphatic hydroxyl groups excluding tert-OH is 1. The fourth-order valence-electron chi connectivity index (χ4n) is 1.55. The Hall–Kier alpha value is -1.93. The Balaban J connectivity index is 2.91. The number of aliphatic hydroxyl groups is 1. The molecular formula is C13H17N3O2. The first kappa shape index (κ1) is 14.1. The van der Waals surface area contributed by atoms with E-state index in [0.717, 1.165) is 0 Å². The Kier molecular flexibility index (Phi) is 4.81. The van der Waals surface area contributed by atoms with Gasteiger partial charge in [0.05, 0.1) is 11.7 Å². The van der Waals surface area contributed by atoms with E-state index in [2.05, 4.69) is 4.98 Å². The highest BCUT2D eigenvalue weighted by molar-refractivity contribution is 5.92. The van der Waals surface area contributed by atoms with E-state index >= 15 is 0 Å². The van der Waals surface area contributed by atoms with Crippen molar-refractivity contribution in [3.8, 4) is 6.07 Å². The summed E-state index contributed by atoms with van der Waals surface area (Å²) in [6.07, 6.45) is 0.781. The van der Waals surface area contributed by atoms with Gasteiger partial charge >= 0.3 is 0 Å². The average molecular weight is 247 g/mol. The number of carbonyl (C=O) groups is 1. The predicted molar refractivity (Wildman–Crippen MR) is 66.8 cm³/mol. The van der Waals surface area contributed by atoms with Crippen LogP contribution in [0, 0.1) is 11.3 Å². The molecular weight excluding hydrogens is 230 g/mol. The molecule has 0 bridgehead atoms. The first-order valence-corrected chi connectivity index (χ1v) is 5.81. The molecule has 0 saturated carbocycles. The molecule has 0 saturated heterocycles. The van der Waals surface area contributed by atoms with Crippen molar-refractivity contribution in [2.45, 2.75) is 32.9 Å². The van der Waals surface area contributed by atoms with E-state index in [0.29, 0.717) is 5.56 Å². The summed E-state index contributed by atoms with van der Waals surface area (Å²) in [6.45, 7) is 5.65. The Morgan fingerprint density at radius 1 is 1.50 bits per heavy atom. The lowest BCUT2D eigenvalue weighted by molar-refractivity contribution is 0.0573. The molecule has 1 aromatic rings. The maximum atomic E-state index is 12.2. The average Bonchev–Trinajstić information content (AvgIpc) is 2.34. The minimum atomic E-state index is -0.588. The highest BCUT2D eigenvalue weighted by Crippen LogP contribution is 2.08. The van der Waals surface area contributed by atoms with Crippen LogP contribution in [0.5, 0.6) is 0 Å². The van der Waals surface area contributed by atoms with Crippen LogP contribution in [0.4, 0.5) is 0 Å². The molecule has 1 amide bonds. The quantitative estimate of drug-likeness (QED) is 0.866. The number of hydrogen-bond donors (Lipinski definition) is 1. The normalized spacial score (nSPS) is 12.0. The van der Waals surface area contributed by atoms with Gasteiger partial charge in [-0.05, 0) is 32.9 Å². The highest BCUT2D eigenvalue weighted by atomic mass is 16.3. The number of aromatic nitrogens is 1. The molecule has 1 unspecified atom stereocenters. The van der Waals surface area contributed by atoms with Crippen LogP contribution in [0.3, 0.4) is 0 Å². The van der Waals surface area contributed by atoms with Gasteiger partial charge < -0.3 is 10.0 Å². The van der Waals surface area contributed by atoms with Crippen molar-refractivity contribution >= 4 is 5.91 Å². The second kappa shape index (κ2) is 6.12. The van der Waals surface area contributed by atoms with Gasteiger partial charge in [-0.2, -0.15) is 5.26 Å². The van der Waals surface area contributed by atoms with Gasteiger partial charge in [-0.3, -0.25) is 4.79 Å². The molecule has 0 aliphatic heterocycles. The van der Waals surface area contributed by atoms with Gasteiger partial charge in [-0.1, -0.05) is 0 Å². The molecule has 1 heterocycles. The van der Waals surface area contributed by atoms with Gasteiger partial charge in [-0.15, -0.1) is 0 Å². The smallest absolute Gasteiger partial charge is 0.272 e. The number of carbonyl (C=O) groups excluding carboxylic acids is 1.